The van der Waals surface area contributed by atoms with Crippen molar-refractivity contribution in [3.63, 3.8) is 0 Å². The van der Waals surface area contributed by atoms with Crippen molar-refractivity contribution in [2.45, 2.75) is 32.0 Å². The molecular formula is C28H30O5. The Kier molecular flexibility index (Phi) is 10.4. The molecule has 0 spiro atoms. The van der Waals surface area contributed by atoms with Crippen molar-refractivity contribution >= 4 is 5.78 Å². The van der Waals surface area contributed by atoms with E-state index in [9.17, 15) is 4.79 Å². The van der Waals surface area contributed by atoms with Crippen LogP contribution in [0.15, 0.2) is 103 Å². The SMILES string of the molecule is CO/C=C/[C@@H](OCc1ccccc1)[C@H](OCc1ccccc1)C(=O)COCc1ccccc1. The van der Waals surface area contributed by atoms with Gasteiger partial charge in [-0.1, -0.05) is 91.0 Å². The van der Waals surface area contributed by atoms with Crippen molar-refractivity contribution < 1.29 is 23.7 Å². The summed E-state index contributed by atoms with van der Waals surface area (Å²) in [6, 6.07) is 29.3. The summed E-state index contributed by atoms with van der Waals surface area (Å²) in [7, 11) is 1.55. The van der Waals surface area contributed by atoms with Crippen LogP contribution in [0.4, 0.5) is 0 Å². The summed E-state index contributed by atoms with van der Waals surface area (Å²) in [5.41, 5.74) is 2.98. The predicted octanol–water partition coefficient (Wildman–Crippen LogP) is 5.10. The van der Waals surface area contributed by atoms with E-state index >= 15 is 0 Å². The van der Waals surface area contributed by atoms with E-state index in [1.165, 1.54) is 6.26 Å². The van der Waals surface area contributed by atoms with Crippen molar-refractivity contribution in [1.82, 2.24) is 0 Å². The highest BCUT2D eigenvalue weighted by molar-refractivity contribution is 5.85. The van der Waals surface area contributed by atoms with E-state index in [-0.39, 0.29) is 19.0 Å². The number of carbonyl (C=O) groups is 1. The van der Waals surface area contributed by atoms with E-state index in [1.54, 1.807) is 13.2 Å². The van der Waals surface area contributed by atoms with Gasteiger partial charge in [0.25, 0.3) is 0 Å². The van der Waals surface area contributed by atoms with E-state index < -0.39 is 12.2 Å². The Bertz CT molecular complexity index is 957. The molecule has 2 atom stereocenters. The Labute approximate surface area is 195 Å². The summed E-state index contributed by atoms with van der Waals surface area (Å²) in [5, 5.41) is 0. The highest BCUT2D eigenvalue weighted by atomic mass is 16.5. The van der Waals surface area contributed by atoms with Gasteiger partial charge in [-0.2, -0.15) is 0 Å². The smallest absolute Gasteiger partial charge is 0.190 e. The minimum atomic E-state index is -0.851. The molecule has 0 bridgehead atoms. The number of carbonyl (C=O) groups excluding carboxylic acids is 1. The van der Waals surface area contributed by atoms with Crippen molar-refractivity contribution in [2.24, 2.45) is 0 Å². The third-order valence-electron chi connectivity index (χ3n) is 4.93. The molecule has 5 nitrogen and oxygen atoms in total. The number of ketones is 1. The van der Waals surface area contributed by atoms with E-state index in [0.717, 1.165) is 16.7 Å². The molecule has 0 heterocycles. The molecule has 0 aromatic heterocycles. The van der Waals surface area contributed by atoms with Gasteiger partial charge in [0.05, 0.1) is 33.2 Å². The maximum atomic E-state index is 13.2. The summed E-state index contributed by atoms with van der Waals surface area (Å²) in [5.74, 6) is -0.194. The molecule has 0 N–H and O–H groups in total. The fourth-order valence-electron chi connectivity index (χ4n) is 3.22. The molecule has 0 saturated heterocycles. The maximum absolute atomic E-state index is 13.2. The van der Waals surface area contributed by atoms with E-state index in [0.29, 0.717) is 13.2 Å². The van der Waals surface area contributed by atoms with Gasteiger partial charge in [-0.05, 0) is 22.8 Å². The molecule has 0 aliphatic heterocycles. The lowest BCUT2D eigenvalue weighted by atomic mass is 10.1. The zero-order valence-corrected chi connectivity index (χ0v) is 18.8. The highest BCUT2D eigenvalue weighted by Crippen LogP contribution is 2.15. The average molecular weight is 447 g/mol. The van der Waals surface area contributed by atoms with Crippen LogP contribution >= 0.6 is 0 Å². The van der Waals surface area contributed by atoms with Crippen LogP contribution in [0.2, 0.25) is 0 Å². The molecule has 0 amide bonds. The third kappa shape index (κ3) is 8.66. The molecule has 3 aromatic rings. The number of hydrogen-bond donors (Lipinski definition) is 0. The largest absolute Gasteiger partial charge is 0.505 e. The first-order valence-corrected chi connectivity index (χ1v) is 10.9. The van der Waals surface area contributed by atoms with Gasteiger partial charge in [-0.3, -0.25) is 4.79 Å². The van der Waals surface area contributed by atoms with Crippen molar-refractivity contribution in [3.05, 3.63) is 120 Å². The highest BCUT2D eigenvalue weighted by Gasteiger charge is 2.29. The maximum Gasteiger partial charge on any atom is 0.190 e. The zero-order chi connectivity index (χ0) is 23.1. The fraction of sp³-hybridized carbons (Fsp3) is 0.250. The average Bonchev–Trinajstić information content (AvgIpc) is 2.87. The number of ether oxygens (including phenoxy) is 4. The molecule has 0 saturated carbocycles. The first-order valence-electron chi connectivity index (χ1n) is 10.9. The molecule has 0 aliphatic carbocycles. The molecule has 3 rings (SSSR count). The standard InChI is InChI=1S/C28H30O5/c1-30-18-17-27(32-20-24-13-7-3-8-14-24)28(33-21-25-15-9-4-10-16-25)26(29)22-31-19-23-11-5-2-6-12-23/h2-18,27-28H,19-22H2,1H3/b18-17+/t27-,28-/m1/s1. The van der Waals surface area contributed by atoms with Crippen LogP contribution in [0.1, 0.15) is 16.7 Å². The van der Waals surface area contributed by atoms with Gasteiger partial charge >= 0.3 is 0 Å². The summed E-state index contributed by atoms with van der Waals surface area (Å²) in [4.78, 5) is 13.2. The molecule has 172 valence electrons. The lowest BCUT2D eigenvalue weighted by Gasteiger charge is -2.24. The van der Waals surface area contributed by atoms with Crippen molar-refractivity contribution in [3.8, 4) is 0 Å². The lowest BCUT2D eigenvalue weighted by molar-refractivity contribution is -0.146. The molecule has 0 radical (unpaired) electrons. The first kappa shape index (κ1) is 24.4. The number of hydrogen-bond acceptors (Lipinski definition) is 5. The van der Waals surface area contributed by atoms with Crippen molar-refractivity contribution in [2.75, 3.05) is 13.7 Å². The Hall–Kier alpha value is -3.25. The molecule has 0 aliphatic rings. The first-order chi connectivity index (χ1) is 16.3. The van der Waals surface area contributed by atoms with Gasteiger partial charge in [0.2, 0.25) is 0 Å². The second kappa shape index (κ2) is 14.0. The predicted molar refractivity (Wildman–Crippen MR) is 127 cm³/mol. The molecule has 0 unspecified atom stereocenters. The molecule has 5 heteroatoms. The van der Waals surface area contributed by atoms with Crippen LogP contribution in [-0.4, -0.2) is 31.7 Å². The Balaban J connectivity index is 1.69. The van der Waals surface area contributed by atoms with Crippen molar-refractivity contribution in [1.29, 1.82) is 0 Å². The van der Waals surface area contributed by atoms with Gasteiger partial charge in [0.15, 0.2) is 5.78 Å². The van der Waals surface area contributed by atoms with Crippen LogP contribution in [0.3, 0.4) is 0 Å². The molecule has 33 heavy (non-hydrogen) atoms. The van der Waals surface area contributed by atoms with E-state index in [4.69, 9.17) is 18.9 Å². The van der Waals surface area contributed by atoms with E-state index in [2.05, 4.69) is 0 Å². The fourth-order valence-corrected chi connectivity index (χ4v) is 3.22. The summed E-state index contributed by atoms with van der Waals surface area (Å²) in [6.45, 7) is 0.882. The Morgan fingerprint density at radius 1 is 0.727 bits per heavy atom. The van der Waals surface area contributed by atoms with Gasteiger partial charge in [-0.15, -0.1) is 0 Å². The topological polar surface area (TPSA) is 54.0 Å². The number of benzene rings is 3. The van der Waals surface area contributed by atoms with Crippen LogP contribution in [0.5, 0.6) is 0 Å². The third-order valence-corrected chi connectivity index (χ3v) is 4.93. The second-order valence-corrected chi connectivity index (χ2v) is 7.49. The monoisotopic (exact) mass is 446 g/mol. The second-order valence-electron chi connectivity index (χ2n) is 7.49. The van der Waals surface area contributed by atoms with Crippen LogP contribution in [0.25, 0.3) is 0 Å². The number of rotatable bonds is 14. The number of Topliss-reactive ketones (excluding diaryl/α,β-unsaturated/α-hetero) is 1. The minimum Gasteiger partial charge on any atom is -0.505 e. The van der Waals surface area contributed by atoms with Gasteiger partial charge in [0, 0.05) is 0 Å². The van der Waals surface area contributed by atoms with Crippen LogP contribution in [0, 0.1) is 0 Å². The quantitative estimate of drug-likeness (QED) is 0.322. The van der Waals surface area contributed by atoms with Gasteiger partial charge in [-0.25, -0.2) is 0 Å². The van der Waals surface area contributed by atoms with Gasteiger partial charge in [0.1, 0.15) is 18.8 Å². The normalized spacial score (nSPS) is 13.0. The van der Waals surface area contributed by atoms with Crippen LogP contribution in [-0.2, 0) is 43.6 Å². The summed E-state index contributed by atoms with van der Waals surface area (Å²) < 4.78 is 23.0. The minimum absolute atomic E-state index is 0.0830. The molecule has 0 fully saturated rings. The number of methoxy groups -OCH3 is 1. The molecule has 3 aromatic carbocycles. The Morgan fingerprint density at radius 3 is 1.73 bits per heavy atom. The van der Waals surface area contributed by atoms with Gasteiger partial charge < -0.3 is 18.9 Å². The molecular weight excluding hydrogens is 416 g/mol. The summed E-state index contributed by atoms with van der Waals surface area (Å²) >= 11 is 0. The van der Waals surface area contributed by atoms with Crippen LogP contribution < -0.4 is 0 Å². The van der Waals surface area contributed by atoms with E-state index in [1.807, 2.05) is 91.0 Å². The zero-order valence-electron chi connectivity index (χ0n) is 18.8. The lowest BCUT2D eigenvalue weighted by Crippen LogP contribution is -2.39. The summed E-state index contributed by atoms with van der Waals surface area (Å²) in [6.07, 6.45) is 1.72. The Morgan fingerprint density at radius 2 is 1.21 bits per heavy atom.